The first kappa shape index (κ1) is 16.4. The van der Waals surface area contributed by atoms with Crippen LogP contribution in [0, 0.1) is 0 Å². The normalized spacial score (nSPS) is 18.7. The number of carbonyl (C=O) groups is 2. The van der Waals surface area contributed by atoms with Crippen molar-refractivity contribution in [3.05, 3.63) is 25.3 Å². The van der Waals surface area contributed by atoms with Crippen LogP contribution in [0.2, 0.25) is 0 Å². The van der Waals surface area contributed by atoms with E-state index in [0.29, 0.717) is 25.8 Å². The van der Waals surface area contributed by atoms with Crippen molar-refractivity contribution in [2.75, 3.05) is 13.1 Å². The van der Waals surface area contributed by atoms with E-state index in [1.807, 2.05) is 0 Å². The third kappa shape index (κ3) is 4.20. The molecule has 2 amide bonds. The number of hydrogen-bond donors (Lipinski definition) is 2. The van der Waals surface area contributed by atoms with Crippen molar-refractivity contribution in [2.45, 2.75) is 44.2 Å². The summed E-state index contributed by atoms with van der Waals surface area (Å²) in [5.41, 5.74) is -1.06. The summed E-state index contributed by atoms with van der Waals surface area (Å²) < 4.78 is 0. The Bertz CT molecular complexity index is 383. The Balaban J connectivity index is 2.59. The van der Waals surface area contributed by atoms with Gasteiger partial charge in [0.15, 0.2) is 0 Å². The molecule has 112 valence electrons. The molecule has 0 bridgehead atoms. The van der Waals surface area contributed by atoms with Crippen LogP contribution in [0.4, 0.5) is 0 Å². The number of amides is 2. The van der Waals surface area contributed by atoms with Crippen LogP contribution < -0.4 is 5.32 Å². The van der Waals surface area contributed by atoms with E-state index in [-0.39, 0.29) is 18.4 Å². The lowest BCUT2D eigenvalue weighted by Gasteiger charge is -2.28. The highest BCUT2D eigenvalue weighted by Gasteiger charge is 2.33. The van der Waals surface area contributed by atoms with Gasteiger partial charge in [0, 0.05) is 20.0 Å². The third-order valence-electron chi connectivity index (χ3n) is 3.60. The fourth-order valence-corrected chi connectivity index (χ4v) is 2.55. The van der Waals surface area contributed by atoms with Crippen molar-refractivity contribution in [1.82, 2.24) is 10.2 Å². The molecule has 5 heteroatoms. The minimum atomic E-state index is -1.06. The van der Waals surface area contributed by atoms with Crippen LogP contribution in [-0.2, 0) is 9.59 Å². The van der Waals surface area contributed by atoms with E-state index >= 15 is 0 Å². The molecule has 0 aliphatic carbocycles. The van der Waals surface area contributed by atoms with Crippen molar-refractivity contribution in [3.8, 4) is 0 Å². The number of aliphatic hydroxyl groups is 1. The molecular weight excluding hydrogens is 256 g/mol. The van der Waals surface area contributed by atoms with Crippen molar-refractivity contribution >= 4 is 11.8 Å². The smallest absolute Gasteiger partial charge is 0.242 e. The van der Waals surface area contributed by atoms with E-state index in [1.165, 1.54) is 6.92 Å². The summed E-state index contributed by atoms with van der Waals surface area (Å²) in [5, 5.41) is 13.1. The molecule has 0 saturated carbocycles. The summed E-state index contributed by atoms with van der Waals surface area (Å²) in [5.74, 6) is -0.292. The van der Waals surface area contributed by atoms with Gasteiger partial charge in [-0.1, -0.05) is 12.2 Å². The second-order valence-electron chi connectivity index (χ2n) is 5.30. The minimum absolute atomic E-state index is 0.0879. The SMILES string of the molecule is C=CCC(O)(CC=C)CNC(=O)[C@@H]1CCCN1C(C)=O. The van der Waals surface area contributed by atoms with E-state index in [0.717, 1.165) is 6.42 Å². The third-order valence-corrected chi connectivity index (χ3v) is 3.60. The van der Waals surface area contributed by atoms with Crippen LogP contribution >= 0.6 is 0 Å². The lowest BCUT2D eigenvalue weighted by molar-refractivity contribution is -0.137. The zero-order chi connectivity index (χ0) is 15.2. The van der Waals surface area contributed by atoms with Gasteiger partial charge in [0.1, 0.15) is 6.04 Å². The number of nitrogens with one attached hydrogen (secondary N) is 1. The van der Waals surface area contributed by atoms with Gasteiger partial charge in [-0.25, -0.2) is 0 Å². The number of carbonyl (C=O) groups excluding carboxylic acids is 2. The highest BCUT2D eigenvalue weighted by molar-refractivity contribution is 5.87. The molecule has 0 spiro atoms. The highest BCUT2D eigenvalue weighted by atomic mass is 16.3. The van der Waals surface area contributed by atoms with Crippen LogP contribution in [0.3, 0.4) is 0 Å². The summed E-state index contributed by atoms with van der Waals surface area (Å²) >= 11 is 0. The summed E-state index contributed by atoms with van der Waals surface area (Å²) in [7, 11) is 0. The van der Waals surface area contributed by atoms with Gasteiger partial charge in [0.2, 0.25) is 11.8 Å². The van der Waals surface area contributed by atoms with Crippen LogP contribution in [0.25, 0.3) is 0 Å². The number of hydrogen-bond acceptors (Lipinski definition) is 3. The maximum absolute atomic E-state index is 12.1. The standard InChI is InChI=1S/C15H24N2O3/c1-4-8-15(20,9-5-2)11-16-14(19)13-7-6-10-17(13)12(3)18/h4-5,13,20H,1-2,6-11H2,3H3,(H,16,19)/t13-/m0/s1. The Labute approximate surface area is 120 Å². The fraction of sp³-hybridized carbons (Fsp3) is 0.600. The second-order valence-corrected chi connectivity index (χ2v) is 5.30. The molecule has 1 aliphatic rings. The van der Waals surface area contributed by atoms with Gasteiger partial charge in [-0.2, -0.15) is 0 Å². The van der Waals surface area contributed by atoms with Gasteiger partial charge in [-0.15, -0.1) is 13.2 Å². The van der Waals surface area contributed by atoms with Crippen LogP contribution in [0.15, 0.2) is 25.3 Å². The van der Waals surface area contributed by atoms with Crippen LogP contribution in [0.1, 0.15) is 32.6 Å². The van der Waals surface area contributed by atoms with Gasteiger partial charge in [-0.05, 0) is 25.7 Å². The van der Waals surface area contributed by atoms with Crippen molar-refractivity contribution in [2.24, 2.45) is 0 Å². The molecule has 0 unspecified atom stereocenters. The molecule has 1 atom stereocenters. The van der Waals surface area contributed by atoms with Gasteiger partial charge >= 0.3 is 0 Å². The molecule has 1 saturated heterocycles. The Morgan fingerprint density at radius 1 is 1.40 bits per heavy atom. The zero-order valence-corrected chi connectivity index (χ0v) is 12.1. The highest BCUT2D eigenvalue weighted by Crippen LogP contribution is 2.19. The van der Waals surface area contributed by atoms with Gasteiger partial charge in [-0.3, -0.25) is 9.59 Å². The molecule has 1 aliphatic heterocycles. The number of likely N-dealkylation sites (tertiary alicyclic amines) is 1. The quantitative estimate of drug-likeness (QED) is 0.683. The summed E-state index contributed by atoms with van der Waals surface area (Å²) in [6, 6.07) is -0.413. The van der Waals surface area contributed by atoms with Gasteiger partial charge in [0.25, 0.3) is 0 Å². The summed E-state index contributed by atoms with van der Waals surface area (Å²) in [6.45, 7) is 9.44. The van der Waals surface area contributed by atoms with Crippen molar-refractivity contribution < 1.29 is 14.7 Å². The van der Waals surface area contributed by atoms with Crippen molar-refractivity contribution in [1.29, 1.82) is 0 Å². The molecule has 2 N–H and O–H groups in total. The monoisotopic (exact) mass is 280 g/mol. The Morgan fingerprint density at radius 3 is 2.50 bits per heavy atom. The molecule has 1 fully saturated rings. The van der Waals surface area contributed by atoms with E-state index in [1.54, 1.807) is 17.1 Å². The van der Waals surface area contributed by atoms with E-state index in [2.05, 4.69) is 18.5 Å². The fourth-order valence-electron chi connectivity index (χ4n) is 2.55. The Kier molecular flexibility index (Phi) is 5.95. The van der Waals surface area contributed by atoms with Gasteiger partial charge in [0.05, 0.1) is 5.60 Å². The largest absolute Gasteiger partial charge is 0.387 e. The molecule has 5 nitrogen and oxygen atoms in total. The lowest BCUT2D eigenvalue weighted by Crippen LogP contribution is -2.49. The average Bonchev–Trinajstić information content (AvgIpc) is 2.86. The molecular formula is C15H24N2O3. The first-order valence-corrected chi connectivity index (χ1v) is 6.92. The zero-order valence-electron chi connectivity index (χ0n) is 12.1. The summed E-state index contributed by atoms with van der Waals surface area (Å²) in [6.07, 6.45) is 5.50. The first-order chi connectivity index (χ1) is 9.43. The van der Waals surface area contributed by atoms with Crippen molar-refractivity contribution in [3.63, 3.8) is 0 Å². The topological polar surface area (TPSA) is 69.6 Å². The van der Waals surface area contributed by atoms with Crippen LogP contribution in [0.5, 0.6) is 0 Å². The molecule has 1 heterocycles. The molecule has 0 aromatic heterocycles. The average molecular weight is 280 g/mol. The predicted octanol–water partition coefficient (Wildman–Crippen LogP) is 0.997. The van der Waals surface area contributed by atoms with Gasteiger partial charge < -0.3 is 15.3 Å². The Morgan fingerprint density at radius 2 is 2.00 bits per heavy atom. The Hall–Kier alpha value is -1.62. The second kappa shape index (κ2) is 7.24. The maximum atomic E-state index is 12.1. The molecule has 1 rings (SSSR count). The van der Waals surface area contributed by atoms with E-state index in [9.17, 15) is 14.7 Å². The predicted molar refractivity (Wildman–Crippen MR) is 78.0 cm³/mol. The maximum Gasteiger partial charge on any atom is 0.242 e. The number of rotatable bonds is 7. The minimum Gasteiger partial charge on any atom is -0.387 e. The molecule has 0 radical (unpaired) electrons. The van der Waals surface area contributed by atoms with E-state index < -0.39 is 11.6 Å². The molecule has 20 heavy (non-hydrogen) atoms. The number of nitrogens with zero attached hydrogens (tertiary/aromatic N) is 1. The van der Waals surface area contributed by atoms with Crippen LogP contribution in [-0.4, -0.2) is 46.6 Å². The summed E-state index contributed by atoms with van der Waals surface area (Å²) in [4.78, 5) is 25.2. The first-order valence-electron chi connectivity index (χ1n) is 6.92. The lowest BCUT2D eigenvalue weighted by atomic mass is 9.95. The van der Waals surface area contributed by atoms with E-state index in [4.69, 9.17) is 0 Å². The molecule has 0 aromatic rings. The molecule has 0 aromatic carbocycles.